The second-order valence-corrected chi connectivity index (χ2v) is 7.29. The van der Waals surface area contributed by atoms with Crippen molar-refractivity contribution in [1.82, 2.24) is 9.88 Å². The van der Waals surface area contributed by atoms with E-state index in [4.69, 9.17) is 4.74 Å². The Kier molecular flexibility index (Phi) is 4.06. The van der Waals surface area contributed by atoms with Gasteiger partial charge in [-0.25, -0.2) is 0 Å². The van der Waals surface area contributed by atoms with Crippen LogP contribution in [0.2, 0.25) is 0 Å². The molecule has 2 aliphatic heterocycles. The maximum absolute atomic E-state index is 12.8. The van der Waals surface area contributed by atoms with E-state index in [9.17, 15) is 4.79 Å². The molecule has 2 aromatic rings. The van der Waals surface area contributed by atoms with Crippen LogP contribution < -0.4 is 4.90 Å². The molecular formula is C19H26N3O2+. The van der Waals surface area contributed by atoms with Crippen molar-refractivity contribution in [2.24, 2.45) is 0 Å². The molecule has 1 aromatic heterocycles. The minimum Gasteiger partial charge on any atom is -0.364 e. The minimum atomic E-state index is 0.234. The van der Waals surface area contributed by atoms with E-state index in [1.54, 1.807) is 0 Å². The third-order valence-electron chi connectivity index (χ3n) is 5.25. The van der Waals surface area contributed by atoms with E-state index in [1.807, 2.05) is 4.90 Å². The summed E-state index contributed by atoms with van der Waals surface area (Å²) in [5.74, 6) is 0.266. The predicted molar refractivity (Wildman–Crippen MR) is 93.0 cm³/mol. The molecule has 4 rings (SSSR count). The van der Waals surface area contributed by atoms with Crippen LogP contribution in [0.5, 0.6) is 0 Å². The molecule has 0 aliphatic carbocycles. The van der Waals surface area contributed by atoms with Crippen LogP contribution in [0, 0.1) is 0 Å². The van der Waals surface area contributed by atoms with Crippen LogP contribution >= 0.6 is 0 Å². The molecule has 2 aliphatic rings. The summed E-state index contributed by atoms with van der Waals surface area (Å²) in [5.41, 5.74) is 3.77. The van der Waals surface area contributed by atoms with Gasteiger partial charge in [0.05, 0.1) is 0 Å². The Bertz CT molecular complexity index is 744. The third kappa shape index (κ3) is 2.94. The standard InChI is InChI=1S/C19H25N3O2/c1-13-9-21(10-14(2)24-13)12-19(23)22-8-7-18-16(11-22)15-5-3-4-6-17(15)20-18/h3-6,13-14,20H,7-12H2,1-2H3/p+1/t13-,14+. The molecule has 1 unspecified atom stereocenters. The molecule has 0 bridgehead atoms. The lowest BCUT2D eigenvalue weighted by atomic mass is 10.0. The third-order valence-corrected chi connectivity index (χ3v) is 5.25. The zero-order valence-corrected chi connectivity index (χ0v) is 14.5. The summed E-state index contributed by atoms with van der Waals surface area (Å²) in [6.07, 6.45) is 1.39. The average molecular weight is 328 g/mol. The maximum atomic E-state index is 12.8. The molecule has 1 fully saturated rings. The van der Waals surface area contributed by atoms with Crippen LogP contribution in [-0.2, 0) is 22.5 Å². The molecule has 5 nitrogen and oxygen atoms in total. The molecule has 2 N–H and O–H groups in total. The highest BCUT2D eigenvalue weighted by Gasteiger charge is 2.30. The number of nitrogens with one attached hydrogen (secondary N) is 2. The molecule has 3 atom stereocenters. The van der Waals surface area contributed by atoms with Crippen molar-refractivity contribution in [2.75, 3.05) is 26.2 Å². The molecule has 1 saturated heterocycles. The molecule has 0 spiro atoms. The fourth-order valence-electron chi connectivity index (χ4n) is 4.24. The number of hydrogen-bond acceptors (Lipinski definition) is 2. The number of hydrogen-bond donors (Lipinski definition) is 2. The van der Waals surface area contributed by atoms with Gasteiger partial charge in [0.15, 0.2) is 6.54 Å². The van der Waals surface area contributed by atoms with Crippen molar-refractivity contribution < 1.29 is 14.4 Å². The molecule has 1 amide bonds. The summed E-state index contributed by atoms with van der Waals surface area (Å²) in [7, 11) is 0. The Morgan fingerprint density at radius 3 is 2.83 bits per heavy atom. The fraction of sp³-hybridized carbons (Fsp3) is 0.526. The summed E-state index contributed by atoms with van der Waals surface area (Å²) in [5, 5.41) is 1.26. The Hall–Kier alpha value is -1.85. The highest BCUT2D eigenvalue weighted by molar-refractivity contribution is 5.86. The molecule has 5 heteroatoms. The molecule has 0 radical (unpaired) electrons. The van der Waals surface area contributed by atoms with Gasteiger partial charge < -0.3 is 19.5 Å². The monoisotopic (exact) mass is 328 g/mol. The summed E-state index contributed by atoms with van der Waals surface area (Å²) in [6.45, 7) is 8.15. The normalized spacial score (nSPS) is 27.2. The van der Waals surface area contributed by atoms with Crippen LogP contribution in [0.3, 0.4) is 0 Å². The molecule has 1 aromatic carbocycles. The number of para-hydroxylation sites is 1. The van der Waals surface area contributed by atoms with Gasteiger partial charge in [-0.1, -0.05) is 18.2 Å². The van der Waals surface area contributed by atoms with Crippen molar-refractivity contribution in [3.05, 3.63) is 35.5 Å². The highest BCUT2D eigenvalue weighted by Crippen LogP contribution is 2.27. The van der Waals surface area contributed by atoms with Gasteiger partial charge in [-0.15, -0.1) is 0 Å². The SMILES string of the molecule is C[C@@H]1C[NH+](CC(=O)N2CCc3[nH]c4ccccc4c3C2)C[C@H](C)O1. The van der Waals surface area contributed by atoms with E-state index in [2.05, 4.69) is 43.1 Å². The number of aromatic nitrogens is 1. The molecule has 24 heavy (non-hydrogen) atoms. The first-order valence-electron chi connectivity index (χ1n) is 8.95. The van der Waals surface area contributed by atoms with E-state index in [0.717, 1.165) is 32.6 Å². The number of fused-ring (bicyclic) bond motifs is 3. The molecule has 0 saturated carbocycles. The Morgan fingerprint density at radius 2 is 2.04 bits per heavy atom. The average Bonchev–Trinajstić information content (AvgIpc) is 2.91. The van der Waals surface area contributed by atoms with Gasteiger partial charge in [0.1, 0.15) is 25.3 Å². The number of carbonyl (C=O) groups is 1. The maximum Gasteiger partial charge on any atom is 0.278 e. The first kappa shape index (κ1) is 15.7. The van der Waals surface area contributed by atoms with Gasteiger partial charge in [0, 0.05) is 41.7 Å². The Balaban J connectivity index is 1.47. The van der Waals surface area contributed by atoms with E-state index in [1.165, 1.54) is 27.1 Å². The van der Waals surface area contributed by atoms with Gasteiger partial charge in [0.2, 0.25) is 0 Å². The van der Waals surface area contributed by atoms with Crippen molar-refractivity contribution >= 4 is 16.8 Å². The summed E-state index contributed by atoms with van der Waals surface area (Å²) < 4.78 is 5.78. The number of morpholine rings is 1. The number of quaternary nitrogens is 1. The summed E-state index contributed by atoms with van der Waals surface area (Å²) >= 11 is 0. The number of carbonyl (C=O) groups excluding carboxylic acids is 1. The number of aromatic amines is 1. The van der Waals surface area contributed by atoms with Crippen LogP contribution in [-0.4, -0.2) is 54.2 Å². The Labute approximate surface area is 142 Å². The number of ether oxygens (including phenoxy) is 1. The predicted octanol–water partition coefficient (Wildman–Crippen LogP) is 0.745. The topological polar surface area (TPSA) is 49.8 Å². The van der Waals surface area contributed by atoms with Gasteiger partial charge in [-0.3, -0.25) is 4.79 Å². The lowest BCUT2D eigenvalue weighted by Gasteiger charge is -2.34. The van der Waals surface area contributed by atoms with Crippen molar-refractivity contribution in [1.29, 1.82) is 0 Å². The zero-order chi connectivity index (χ0) is 16.7. The zero-order valence-electron chi connectivity index (χ0n) is 14.5. The second kappa shape index (κ2) is 6.22. The van der Waals surface area contributed by atoms with Gasteiger partial charge in [-0.05, 0) is 19.9 Å². The molecule has 128 valence electrons. The minimum absolute atomic E-state index is 0.234. The van der Waals surface area contributed by atoms with Crippen molar-refractivity contribution in [2.45, 2.75) is 39.0 Å². The quantitative estimate of drug-likeness (QED) is 0.855. The van der Waals surface area contributed by atoms with Crippen molar-refractivity contribution in [3.8, 4) is 0 Å². The van der Waals surface area contributed by atoms with Crippen molar-refractivity contribution in [3.63, 3.8) is 0 Å². The van der Waals surface area contributed by atoms with Gasteiger partial charge in [-0.2, -0.15) is 0 Å². The lowest BCUT2D eigenvalue weighted by Crippen LogP contribution is -3.16. The van der Waals surface area contributed by atoms with Crippen LogP contribution in [0.25, 0.3) is 10.9 Å². The molecule has 3 heterocycles. The van der Waals surface area contributed by atoms with E-state index < -0.39 is 0 Å². The Morgan fingerprint density at radius 1 is 1.29 bits per heavy atom. The largest absolute Gasteiger partial charge is 0.364 e. The first-order valence-corrected chi connectivity index (χ1v) is 8.95. The number of benzene rings is 1. The summed E-state index contributed by atoms with van der Waals surface area (Å²) in [6, 6.07) is 8.38. The lowest BCUT2D eigenvalue weighted by molar-refractivity contribution is -0.907. The highest BCUT2D eigenvalue weighted by atomic mass is 16.5. The van der Waals surface area contributed by atoms with E-state index in [0.29, 0.717) is 6.54 Å². The molecular weight excluding hydrogens is 302 g/mol. The first-order chi connectivity index (χ1) is 11.6. The van der Waals surface area contributed by atoms with Crippen LogP contribution in [0.1, 0.15) is 25.1 Å². The van der Waals surface area contributed by atoms with E-state index >= 15 is 0 Å². The smallest absolute Gasteiger partial charge is 0.278 e. The van der Waals surface area contributed by atoms with Crippen LogP contribution in [0.15, 0.2) is 24.3 Å². The van der Waals surface area contributed by atoms with Gasteiger partial charge >= 0.3 is 0 Å². The van der Waals surface area contributed by atoms with Gasteiger partial charge in [0.25, 0.3) is 5.91 Å². The van der Waals surface area contributed by atoms with E-state index in [-0.39, 0.29) is 18.1 Å². The number of rotatable bonds is 2. The number of H-pyrrole nitrogens is 1. The number of nitrogens with zero attached hydrogens (tertiary/aromatic N) is 1. The fourth-order valence-corrected chi connectivity index (χ4v) is 4.24. The number of amides is 1. The summed E-state index contributed by atoms with van der Waals surface area (Å²) in [4.78, 5) is 19.7. The van der Waals surface area contributed by atoms with Crippen LogP contribution in [0.4, 0.5) is 0 Å². The second-order valence-electron chi connectivity index (χ2n) is 7.29.